The molecule has 6 aromatic rings. The number of para-hydroxylation sites is 1. The van der Waals surface area contributed by atoms with Gasteiger partial charge in [-0.25, -0.2) is 9.78 Å². The number of anilines is 1. The Kier molecular flexibility index (Phi) is 6.01. The highest BCUT2D eigenvalue weighted by Crippen LogP contribution is 2.32. The molecule has 186 valence electrons. The smallest absolute Gasteiger partial charge is 0.344 e. The number of nitrogens with one attached hydrogen (secondary N) is 1. The maximum atomic E-state index is 12.9. The van der Waals surface area contributed by atoms with Crippen molar-refractivity contribution in [2.75, 3.05) is 12.4 Å². The molecule has 7 nitrogen and oxygen atoms in total. The van der Waals surface area contributed by atoms with Crippen molar-refractivity contribution >= 4 is 49.6 Å². The van der Waals surface area contributed by atoms with Gasteiger partial charge in [0.2, 0.25) is 5.89 Å². The summed E-state index contributed by atoms with van der Waals surface area (Å²) in [5, 5.41) is 3.72. The van der Waals surface area contributed by atoms with Crippen LogP contribution < -0.4 is 15.7 Å². The highest BCUT2D eigenvalue weighted by Gasteiger charge is 2.14. The fourth-order valence-electron chi connectivity index (χ4n) is 4.20. The summed E-state index contributed by atoms with van der Waals surface area (Å²) < 4.78 is 17.4. The number of aromatic nitrogens is 1. The van der Waals surface area contributed by atoms with Crippen LogP contribution in [0.15, 0.2) is 109 Å². The molecule has 2 aromatic heterocycles. The zero-order valence-electron chi connectivity index (χ0n) is 20.0. The van der Waals surface area contributed by atoms with E-state index in [-0.39, 0.29) is 5.91 Å². The molecule has 0 saturated carbocycles. The van der Waals surface area contributed by atoms with Crippen molar-refractivity contribution in [1.82, 2.24) is 4.98 Å². The fraction of sp³-hybridized carbons (Fsp3) is 0.0333. The van der Waals surface area contributed by atoms with Crippen LogP contribution in [0.3, 0.4) is 0 Å². The number of benzene rings is 4. The van der Waals surface area contributed by atoms with Crippen LogP contribution in [0.25, 0.3) is 44.7 Å². The third kappa shape index (κ3) is 4.46. The van der Waals surface area contributed by atoms with E-state index in [0.717, 1.165) is 15.4 Å². The van der Waals surface area contributed by atoms with Crippen molar-refractivity contribution < 1.29 is 18.4 Å². The van der Waals surface area contributed by atoms with E-state index in [1.165, 1.54) is 0 Å². The molecule has 0 unspecified atom stereocenters. The van der Waals surface area contributed by atoms with Crippen LogP contribution in [0.5, 0.6) is 5.75 Å². The summed E-state index contributed by atoms with van der Waals surface area (Å²) in [7, 11) is 1.60. The molecule has 0 fully saturated rings. The lowest BCUT2D eigenvalue weighted by atomic mass is 10.0. The average Bonchev–Trinajstić information content (AvgIpc) is 3.36. The first kappa shape index (κ1) is 23.7. The molecule has 1 amide bonds. The number of rotatable bonds is 5. The number of oxazole rings is 1. The molecule has 0 spiro atoms. The predicted octanol–water partition coefficient (Wildman–Crippen LogP) is 7.29. The maximum absolute atomic E-state index is 12.9. The minimum atomic E-state index is -0.428. The number of hydrogen-bond donors (Lipinski definition) is 1. The van der Waals surface area contributed by atoms with Gasteiger partial charge >= 0.3 is 5.63 Å². The Morgan fingerprint density at radius 1 is 0.868 bits per heavy atom. The third-order valence-electron chi connectivity index (χ3n) is 6.14. The second kappa shape index (κ2) is 9.64. The van der Waals surface area contributed by atoms with Crippen molar-refractivity contribution in [3.05, 3.63) is 111 Å². The zero-order chi connectivity index (χ0) is 26.2. The Morgan fingerprint density at radius 2 is 1.66 bits per heavy atom. The normalized spacial score (nSPS) is 11.1. The van der Waals surface area contributed by atoms with Gasteiger partial charge in [-0.3, -0.25) is 4.79 Å². The van der Waals surface area contributed by atoms with Gasteiger partial charge in [0, 0.05) is 22.2 Å². The van der Waals surface area contributed by atoms with E-state index >= 15 is 0 Å². The topological polar surface area (TPSA) is 94.6 Å². The van der Waals surface area contributed by atoms with Crippen LogP contribution in [0.4, 0.5) is 5.69 Å². The maximum Gasteiger partial charge on any atom is 0.344 e. The van der Waals surface area contributed by atoms with Crippen molar-refractivity contribution in [2.45, 2.75) is 0 Å². The minimum Gasteiger partial charge on any atom is -0.496 e. The molecule has 0 aliphatic rings. The number of carbonyl (C=O) groups excluding carboxylic acids is 1. The summed E-state index contributed by atoms with van der Waals surface area (Å²) in [5.74, 6) is 0.883. The van der Waals surface area contributed by atoms with Crippen LogP contribution >= 0.6 is 15.9 Å². The summed E-state index contributed by atoms with van der Waals surface area (Å²) >= 11 is 3.48. The molecule has 38 heavy (non-hydrogen) atoms. The lowest BCUT2D eigenvalue weighted by Crippen LogP contribution is -2.11. The van der Waals surface area contributed by atoms with Crippen LogP contribution in [-0.4, -0.2) is 18.0 Å². The fourth-order valence-corrected chi connectivity index (χ4v) is 4.74. The van der Waals surface area contributed by atoms with Gasteiger partial charge in [-0.05, 0) is 82.2 Å². The number of hydrogen-bond acceptors (Lipinski definition) is 6. The SMILES string of the molecule is COc1ccc(-c2nc3cc(NC(=O)c4ccc(-c5cc6ccccc6oc5=O)cc4)ccc3o2)cc1Br. The number of amides is 1. The summed E-state index contributed by atoms with van der Waals surface area (Å²) in [6.07, 6.45) is 0. The van der Waals surface area contributed by atoms with Crippen molar-refractivity contribution in [3.8, 4) is 28.3 Å². The second-order valence-corrected chi connectivity index (χ2v) is 9.42. The standard InChI is InChI=1S/C30H19BrN2O5/c1-36-26-12-10-20(15-23(26)31)29-33-24-16-21(11-13-27(24)37-29)32-28(34)18-8-6-17(7-9-18)22-14-19-4-2-3-5-25(19)38-30(22)35/h2-16H,1H3,(H,32,34). The van der Waals surface area contributed by atoms with Crippen LogP contribution in [0, 0.1) is 0 Å². The number of fused-ring (bicyclic) bond motifs is 2. The van der Waals surface area contributed by atoms with Gasteiger partial charge in [-0.2, -0.15) is 0 Å². The van der Waals surface area contributed by atoms with Gasteiger partial charge in [-0.15, -0.1) is 0 Å². The second-order valence-electron chi connectivity index (χ2n) is 8.57. The monoisotopic (exact) mass is 566 g/mol. The van der Waals surface area contributed by atoms with Gasteiger partial charge in [0.25, 0.3) is 5.91 Å². The van der Waals surface area contributed by atoms with E-state index < -0.39 is 5.63 Å². The summed E-state index contributed by atoms with van der Waals surface area (Å²) in [4.78, 5) is 30.0. The number of ether oxygens (including phenoxy) is 1. The first-order valence-corrected chi connectivity index (χ1v) is 12.5. The van der Waals surface area contributed by atoms with Gasteiger partial charge in [0.05, 0.1) is 17.1 Å². The molecule has 0 radical (unpaired) electrons. The van der Waals surface area contributed by atoms with Gasteiger partial charge in [0.1, 0.15) is 16.8 Å². The molecule has 6 rings (SSSR count). The molecule has 1 N–H and O–H groups in total. The van der Waals surface area contributed by atoms with E-state index in [4.69, 9.17) is 13.6 Å². The molecule has 2 heterocycles. The third-order valence-corrected chi connectivity index (χ3v) is 6.76. The average molecular weight is 567 g/mol. The number of methoxy groups -OCH3 is 1. The van der Waals surface area contributed by atoms with E-state index in [0.29, 0.717) is 50.7 Å². The van der Waals surface area contributed by atoms with Gasteiger partial charge in [0.15, 0.2) is 5.58 Å². The van der Waals surface area contributed by atoms with Crippen LogP contribution in [0.1, 0.15) is 10.4 Å². The lowest BCUT2D eigenvalue weighted by molar-refractivity contribution is 0.102. The molecular formula is C30H19BrN2O5. The van der Waals surface area contributed by atoms with E-state index in [9.17, 15) is 9.59 Å². The molecule has 8 heteroatoms. The molecular weight excluding hydrogens is 548 g/mol. The number of nitrogens with zero attached hydrogens (tertiary/aromatic N) is 1. The highest BCUT2D eigenvalue weighted by atomic mass is 79.9. The van der Waals surface area contributed by atoms with Crippen molar-refractivity contribution in [1.29, 1.82) is 0 Å². The molecule has 4 aromatic carbocycles. The summed E-state index contributed by atoms with van der Waals surface area (Å²) in [6.45, 7) is 0. The van der Waals surface area contributed by atoms with E-state index in [2.05, 4.69) is 26.2 Å². The number of carbonyl (C=O) groups is 1. The lowest BCUT2D eigenvalue weighted by Gasteiger charge is -2.07. The molecule has 0 atom stereocenters. The Bertz CT molecular complexity index is 1890. The van der Waals surface area contributed by atoms with E-state index in [1.54, 1.807) is 61.7 Å². The molecule has 0 aliphatic carbocycles. The summed E-state index contributed by atoms with van der Waals surface area (Å²) in [5.41, 5.74) is 4.25. The molecule has 0 aliphatic heterocycles. The highest BCUT2D eigenvalue weighted by molar-refractivity contribution is 9.10. The zero-order valence-corrected chi connectivity index (χ0v) is 21.6. The first-order chi connectivity index (χ1) is 18.5. The largest absolute Gasteiger partial charge is 0.496 e. The molecule has 0 saturated heterocycles. The van der Waals surface area contributed by atoms with Crippen molar-refractivity contribution in [2.24, 2.45) is 0 Å². The predicted molar refractivity (Wildman–Crippen MR) is 150 cm³/mol. The molecule has 0 bridgehead atoms. The first-order valence-electron chi connectivity index (χ1n) is 11.7. The Balaban J connectivity index is 1.22. The van der Waals surface area contributed by atoms with Gasteiger partial charge < -0.3 is 18.9 Å². The Labute approximate surface area is 224 Å². The Hall–Kier alpha value is -4.69. The van der Waals surface area contributed by atoms with E-state index in [1.807, 2.05) is 36.4 Å². The van der Waals surface area contributed by atoms with Crippen molar-refractivity contribution in [3.63, 3.8) is 0 Å². The van der Waals surface area contributed by atoms with Crippen LogP contribution in [-0.2, 0) is 0 Å². The summed E-state index contributed by atoms with van der Waals surface area (Å²) in [6, 6.07) is 26.8. The Morgan fingerprint density at radius 3 is 2.45 bits per heavy atom. The van der Waals surface area contributed by atoms with Crippen LogP contribution in [0.2, 0.25) is 0 Å². The van der Waals surface area contributed by atoms with Gasteiger partial charge in [-0.1, -0.05) is 30.3 Å². The quantitative estimate of drug-likeness (QED) is 0.220. The minimum absolute atomic E-state index is 0.288. The number of halogens is 1.